The molecule has 0 aliphatic heterocycles. The zero-order valence-electron chi connectivity index (χ0n) is 16.7. The number of rotatable bonds is 6. The number of aromatic amines is 1. The van der Waals surface area contributed by atoms with Crippen LogP contribution in [0, 0.1) is 19.8 Å². The van der Waals surface area contributed by atoms with Crippen molar-refractivity contribution in [2.24, 2.45) is 5.92 Å². The summed E-state index contributed by atoms with van der Waals surface area (Å²) in [5.74, 6) is 1.83. The van der Waals surface area contributed by atoms with Crippen LogP contribution in [0.4, 0.5) is 5.82 Å². The number of aromatic nitrogens is 4. The topological polar surface area (TPSA) is 106 Å². The summed E-state index contributed by atoms with van der Waals surface area (Å²) >= 11 is 0. The van der Waals surface area contributed by atoms with Crippen molar-refractivity contribution in [1.29, 1.82) is 0 Å². The van der Waals surface area contributed by atoms with Gasteiger partial charge in [-0.1, -0.05) is 25.7 Å². The Morgan fingerprint density at radius 1 is 1.34 bits per heavy atom. The van der Waals surface area contributed by atoms with Gasteiger partial charge in [-0.15, -0.1) is 0 Å². The van der Waals surface area contributed by atoms with E-state index in [-0.39, 0.29) is 17.4 Å². The summed E-state index contributed by atoms with van der Waals surface area (Å²) in [4.78, 5) is 32.0. The molecule has 1 aliphatic carbocycles. The Kier molecular flexibility index (Phi) is 5.33. The summed E-state index contributed by atoms with van der Waals surface area (Å²) in [6.45, 7) is 3.49. The SMILES string of the molecule is Cc1nc(-n2nc(-c3ccco3)cc2NC(=O)CCC2CCCC2)[nH]c(=O)c1C. The fraction of sp³-hybridized carbons (Fsp3) is 0.429. The summed E-state index contributed by atoms with van der Waals surface area (Å²) < 4.78 is 6.87. The van der Waals surface area contributed by atoms with E-state index in [1.54, 1.807) is 38.3 Å². The molecule has 1 aliphatic rings. The van der Waals surface area contributed by atoms with Gasteiger partial charge in [-0.2, -0.15) is 9.78 Å². The highest BCUT2D eigenvalue weighted by Crippen LogP contribution is 2.29. The van der Waals surface area contributed by atoms with Crippen LogP contribution >= 0.6 is 0 Å². The van der Waals surface area contributed by atoms with Crippen molar-refractivity contribution in [2.45, 2.75) is 52.4 Å². The van der Waals surface area contributed by atoms with Crippen LogP contribution in [0.2, 0.25) is 0 Å². The van der Waals surface area contributed by atoms with E-state index < -0.39 is 0 Å². The quantitative estimate of drug-likeness (QED) is 0.661. The number of nitrogens with zero attached hydrogens (tertiary/aromatic N) is 3. The Morgan fingerprint density at radius 3 is 2.83 bits per heavy atom. The number of hydrogen-bond donors (Lipinski definition) is 2. The van der Waals surface area contributed by atoms with Crippen LogP contribution < -0.4 is 10.9 Å². The summed E-state index contributed by atoms with van der Waals surface area (Å²) in [7, 11) is 0. The number of hydrogen-bond acceptors (Lipinski definition) is 5. The maximum Gasteiger partial charge on any atom is 0.255 e. The largest absolute Gasteiger partial charge is 0.463 e. The van der Waals surface area contributed by atoms with Crippen LogP contribution in [0.15, 0.2) is 33.7 Å². The molecular weight excluding hydrogens is 370 g/mol. The average molecular weight is 395 g/mol. The van der Waals surface area contributed by atoms with E-state index in [1.165, 1.54) is 30.4 Å². The molecule has 3 heterocycles. The molecule has 152 valence electrons. The molecule has 1 fully saturated rings. The first-order valence-electron chi connectivity index (χ1n) is 10.0. The van der Waals surface area contributed by atoms with Gasteiger partial charge in [0.05, 0.1) is 6.26 Å². The van der Waals surface area contributed by atoms with Crippen LogP contribution in [-0.4, -0.2) is 25.7 Å². The summed E-state index contributed by atoms with van der Waals surface area (Å²) in [6, 6.07) is 5.28. The smallest absolute Gasteiger partial charge is 0.255 e. The van der Waals surface area contributed by atoms with E-state index >= 15 is 0 Å². The lowest BCUT2D eigenvalue weighted by Gasteiger charge is -2.11. The monoisotopic (exact) mass is 395 g/mol. The van der Waals surface area contributed by atoms with E-state index in [0.29, 0.717) is 40.9 Å². The van der Waals surface area contributed by atoms with E-state index in [0.717, 1.165) is 6.42 Å². The van der Waals surface area contributed by atoms with Gasteiger partial charge in [0.25, 0.3) is 5.56 Å². The molecule has 3 aromatic heterocycles. The minimum atomic E-state index is -0.235. The normalized spacial score (nSPS) is 14.4. The minimum absolute atomic E-state index is 0.0739. The molecule has 1 amide bonds. The molecule has 0 unspecified atom stereocenters. The number of nitrogens with one attached hydrogen (secondary N) is 2. The first-order valence-corrected chi connectivity index (χ1v) is 10.0. The van der Waals surface area contributed by atoms with Gasteiger partial charge in [0.15, 0.2) is 5.76 Å². The summed E-state index contributed by atoms with van der Waals surface area (Å²) in [6.07, 6.45) is 7.86. The molecule has 8 heteroatoms. The number of amides is 1. The standard InChI is InChI=1S/C21H25N5O3/c1-13-14(2)22-21(24-20(13)28)26-18(12-16(25-26)17-8-5-11-29-17)23-19(27)10-9-15-6-3-4-7-15/h5,8,11-12,15H,3-4,6-7,9-10H2,1-2H3,(H,23,27)(H,22,24,28). The second-order valence-corrected chi connectivity index (χ2v) is 7.64. The predicted molar refractivity (Wildman–Crippen MR) is 109 cm³/mol. The fourth-order valence-electron chi connectivity index (χ4n) is 3.75. The Labute approximate surface area is 168 Å². The zero-order valence-corrected chi connectivity index (χ0v) is 16.7. The Balaban J connectivity index is 1.62. The molecular formula is C21H25N5O3. The van der Waals surface area contributed by atoms with Gasteiger partial charge >= 0.3 is 0 Å². The van der Waals surface area contributed by atoms with Gasteiger partial charge in [-0.3, -0.25) is 14.6 Å². The van der Waals surface area contributed by atoms with E-state index in [4.69, 9.17) is 4.42 Å². The lowest BCUT2D eigenvalue weighted by molar-refractivity contribution is -0.116. The van der Waals surface area contributed by atoms with Crippen LogP contribution in [-0.2, 0) is 4.79 Å². The van der Waals surface area contributed by atoms with E-state index in [9.17, 15) is 9.59 Å². The number of anilines is 1. The van der Waals surface area contributed by atoms with Crippen LogP contribution in [0.5, 0.6) is 0 Å². The molecule has 3 aromatic rings. The second-order valence-electron chi connectivity index (χ2n) is 7.64. The van der Waals surface area contributed by atoms with Crippen molar-refractivity contribution in [1.82, 2.24) is 19.7 Å². The third kappa shape index (κ3) is 4.16. The Bertz CT molecular complexity index is 1060. The van der Waals surface area contributed by atoms with Crippen molar-refractivity contribution in [2.75, 3.05) is 5.32 Å². The molecule has 0 radical (unpaired) electrons. The van der Waals surface area contributed by atoms with Crippen molar-refractivity contribution in [3.05, 3.63) is 46.1 Å². The maximum absolute atomic E-state index is 12.6. The third-order valence-corrected chi connectivity index (χ3v) is 5.59. The molecule has 1 saturated carbocycles. The molecule has 2 N–H and O–H groups in total. The lowest BCUT2D eigenvalue weighted by Crippen LogP contribution is -2.21. The van der Waals surface area contributed by atoms with Crippen molar-refractivity contribution >= 4 is 11.7 Å². The molecule has 0 aromatic carbocycles. The summed E-state index contributed by atoms with van der Waals surface area (Å²) in [5.41, 5.74) is 1.47. The first kappa shape index (κ1) is 19.2. The molecule has 0 spiro atoms. The van der Waals surface area contributed by atoms with Crippen molar-refractivity contribution in [3.8, 4) is 17.4 Å². The van der Waals surface area contributed by atoms with Crippen molar-refractivity contribution < 1.29 is 9.21 Å². The minimum Gasteiger partial charge on any atom is -0.463 e. The molecule has 4 rings (SSSR count). The number of furan rings is 1. The predicted octanol–water partition coefficient (Wildman–Crippen LogP) is 3.74. The number of aryl methyl sites for hydroxylation is 1. The number of carbonyl (C=O) groups excluding carboxylic acids is 1. The highest BCUT2D eigenvalue weighted by atomic mass is 16.3. The Hall–Kier alpha value is -3.16. The molecule has 29 heavy (non-hydrogen) atoms. The van der Waals surface area contributed by atoms with Gasteiger partial charge in [-0.25, -0.2) is 4.98 Å². The lowest BCUT2D eigenvalue weighted by atomic mass is 10.0. The van der Waals surface area contributed by atoms with Gasteiger partial charge in [0.1, 0.15) is 11.5 Å². The van der Waals surface area contributed by atoms with E-state index in [1.807, 2.05) is 0 Å². The van der Waals surface area contributed by atoms with Gasteiger partial charge < -0.3 is 9.73 Å². The zero-order chi connectivity index (χ0) is 20.4. The highest BCUT2D eigenvalue weighted by molar-refractivity contribution is 5.90. The van der Waals surface area contributed by atoms with Gasteiger partial charge in [0, 0.05) is 23.7 Å². The van der Waals surface area contributed by atoms with Gasteiger partial charge in [0.2, 0.25) is 11.9 Å². The molecule has 0 bridgehead atoms. The number of H-pyrrole nitrogens is 1. The second kappa shape index (κ2) is 8.06. The average Bonchev–Trinajstić information content (AvgIpc) is 3.45. The highest BCUT2D eigenvalue weighted by Gasteiger charge is 2.19. The molecule has 0 saturated heterocycles. The van der Waals surface area contributed by atoms with E-state index in [2.05, 4.69) is 20.4 Å². The Morgan fingerprint density at radius 2 is 2.14 bits per heavy atom. The maximum atomic E-state index is 12.6. The van der Waals surface area contributed by atoms with Crippen LogP contribution in [0.1, 0.15) is 49.8 Å². The molecule has 0 atom stereocenters. The fourth-order valence-corrected chi connectivity index (χ4v) is 3.75. The van der Waals surface area contributed by atoms with Gasteiger partial charge in [-0.05, 0) is 38.3 Å². The van der Waals surface area contributed by atoms with Crippen LogP contribution in [0.25, 0.3) is 17.4 Å². The van der Waals surface area contributed by atoms with Crippen molar-refractivity contribution in [3.63, 3.8) is 0 Å². The molecule has 8 nitrogen and oxygen atoms in total. The van der Waals surface area contributed by atoms with Crippen LogP contribution in [0.3, 0.4) is 0 Å². The third-order valence-electron chi connectivity index (χ3n) is 5.59. The number of carbonyl (C=O) groups is 1. The first-order chi connectivity index (χ1) is 14.0. The summed E-state index contributed by atoms with van der Waals surface area (Å²) in [5, 5.41) is 7.43.